The molecule has 0 aromatic carbocycles. The summed E-state index contributed by atoms with van der Waals surface area (Å²) in [6.07, 6.45) is 10.7. The first-order valence-electron chi connectivity index (χ1n) is 6.32. The lowest BCUT2D eigenvalue weighted by atomic mass is 10.1. The van der Waals surface area contributed by atoms with E-state index in [9.17, 15) is 9.59 Å². The van der Waals surface area contributed by atoms with E-state index in [1.54, 1.807) is 12.4 Å². The molecule has 0 spiro atoms. The monoisotopic (exact) mass is 252 g/mol. The van der Waals surface area contributed by atoms with E-state index < -0.39 is 0 Å². The van der Waals surface area contributed by atoms with Crippen molar-refractivity contribution in [2.24, 2.45) is 0 Å². The van der Waals surface area contributed by atoms with E-state index >= 15 is 0 Å². The number of hydrogen-bond donors (Lipinski definition) is 0. The van der Waals surface area contributed by atoms with Gasteiger partial charge in [-0.15, -0.1) is 0 Å². The summed E-state index contributed by atoms with van der Waals surface area (Å²) in [6.45, 7) is 0. The van der Waals surface area contributed by atoms with Gasteiger partial charge in [0, 0.05) is 25.2 Å². The van der Waals surface area contributed by atoms with Gasteiger partial charge in [0.05, 0.1) is 7.11 Å². The van der Waals surface area contributed by atoms with E-state index in [4.69, 9.17) is 0 Å². The third-order valence-electron chi connectivity index (χ3n) is 2.79. The largest absolute Gasteiger partial charge is 0.469 e. The summed E-state index contributed by atoms with van der Waals surface area (Å²) in [6, 6.07) is 0. The Balaban J connectivity index is 1.96. The van der Waals surface area contributed by atoms with E-state index in [-0.39, 0.29) is 11.9 Å². The molecule has 0 saturated carbocycles. The highest BCUT2D eigenvalue weighted by molar-refractivity contribution is 5.78. The predicted octanol–water partition coefficient (Wildman–Crippen LogP) is 2.43. The number of unbranched alkanes of at least 4 members (excludes halogenated alkanes) is 4. The van der Waals surface area contributed by atoms with Crippen molar-refractivity contribution in [1.29, 1.82) is 0 Å². The maximum Gasteiger partial charge on any atom is 0.305 e. The van der Waals surface area contributed by atoms with Crippen LogP contribution in [0.5, 0.6) is 0 Å². The van der Waals surface area contributed by atoms with Gasteiger partial charge in [0.15, 0.2) is 0 Å². The molecular weight excluding hydrogens is 232 g/mol. The normalized spacial score (nSPS) is 10.3. The van der Waals surface area contributed by atoms with Crippen LogP contribution < -0.4 is 0 Å². The zero-order valence-electron chi connectivity index (χ0n) is 10.8. The molecule has 100 valence electrons. The van der Waals surface area contributed by atoms with E-state index in [1.165, 1.54) is 18.0 Å². The molecule has 0 radical (unpaired) electrons. The van der Waals surface area contributed by atoms with Crippen molar-refractivity contribution in [1.82, 2.24) is 9.55 Å². The minimum absolute atomic E-state index is 0.0852. The molecule has 0 atom stereocenters. The molecule has 1 aromatic rings. The van der Waals surface area contributed by atoms with E-state index in [0.717, 1.165) is 32.1 Å². The van der Waals surface area contributed by atoms with Crippen molar-refractivity contribution in [3.8, 4) is 0 Å². The van der Waals surface area contributed by atoms with Gasteiger partial charge >= 0.3 is 5.97 Å². The molecule has 5 heteroatoms. The fourth-order valence-electron chi connectivity index (χ4n) is 1.71. The summed E-state index contributed by atoms with van der Waals surface area (Å²) in [5.74, 6) is -0.0626. The zero-order valence-corrected chi connectivity index (χ0v) is 10.8. The minimum Gasteiger partial charge on any atom is -0.469 e. The molecule has 1 aromatic heterocycles. The van der Waals surface area contributed by atoms with Gasteiger partial charge in [0.25, 0.3) is 0 Å². The van der Waals surface area contributed by atoms with Gasteiger partial charge < -0.3 is 4.74 Å². The summed E-state index contributed by atoms with van der Waals surface area (Å²) < 4.78 is 6.07. The Morgan fingerprint density at radius 1 is 1.11 bits per heavy atom. The van der Waals surface area contributed by atoms with Gasteiger partial charge in [-0.25, -0.2) is 4.98 Å². The fraction of sp³-hybridized carbons (Fsp3) is 0.615. The van der Waals surface area contributed by atoms with Gasteiger partial charge in [-0.05, 0) is 12.8 Å². The molecule has 1 heterocycles. The number of carbonyl (C=O) groups excluding carboxylic acids is 2. The average Bonchev–Trinajstić information content (AvgIpc) is 2.91. The standard InChI is InChI=1S/C13H20N2O3/c1-18-13(17)8-6-4-2-3-5-7-12(16)15-10-9-14-11-15/h9-11H,2-8H2,1H3. The predicted molar refractivity (Wildman–Crippen MR) is 67.2 cm³/mol. The molecule has 0 amide bonds. The van der Waals surface area contributed by atoms with Gasteiger partial charge in [0.2, 0.25) is 5.91 Å². The van der Waals surface area contributed by atoms with E-state index in [0.29, 0.717) is 12.8 Å². The Morgan fingerprint density at radius 2 is 1.78 bits per heavy atom. The first-order valence-corrected chi connectivity index (χ1v) is 6.32. The number of rotatable bonds is 8. The average molecular weight is 252 g/mol. The second-order valence-corrected chi connectivity index (χ2v) is 4.21. The fourth-order valence-corrected chi connectivity index (χ4v) is 1.71. The van der Waals surface area contributed by atoms with Crippen LogP contribution in [-0.4, -0.2) is 28.5 Å². The Bertz CT molecular complexity index is 360. The molecule has 0 fully saturated rings. The van der Waals surface area contributed by atoms with Crippen LogP contribution in [0.15, 0.2) is 18.7 Å². The second kappa shape index (κ2) is 8.44. The Morgan fingerprint density at radius 3 is 2.39 bits per heavy atom. The minimum atomic E-state index is -0.148. The molecule has 18 heavy (non-hydrogen) atoms. The summed E-state index contributed by atoms with van der Waals surface area (Å²) in [5, 5.41) is 0. The first kappa shape index (κ1) is 14.4. The van der Waals surface area contributed by atoms with Crippen LogP contribution in [-0.2, 0) is 9.53 Å². The number of hydrogen-bond acceptors (Lipinski definition) is 4. The van der Waals surface area contributed by atoms with Gasteiger partial charge in [0.1, 0.15) is 6.33 Å². The lowest BCUT2D eigenvalue weighted by Gasteiger charge is -2.02. The highest BCUT2D eigenvalue weighted by atomic mass is 16.5. The van der Waals surface area contributed by atoms with Crippen LogP contribution in [0.2, 0.25) is 0 Å². The summed E-state index contributed by atoms with van der Waals surface area (Å²) in [4.78, 5) is 26.3. The molecule has 0 aliphatic heterocycles. The first-order chi connectivity index (χ1) is 8.74. The third kappa shape index (κ3) is 5.61. The van der Waals surface area contributed by atoms with Crippen LogP contribution in [0.25, 0.3) is 0 Å². The topological polar surface area (TPSA) is 61.2 Å². The van der Waals surface area contributed by atoms with E-state index in [1.807, 2.05) is 0 Å². The molecule has 0 saturated heterocycles. The van der Waals surface area contributed by atoms with Crippen LogP contribution in [0.3, 0.4) is 0 Å². The number of esters is 1. The Kier molecular flexibility index (Phi) is 6.76. The van der Waals surface area contributed by atoms with Crippen molar-refractivity contribution in [2.45, 2.75) is 44.9 Å². The lowest BCUT2D eigenvalue weighted by molar-refractivity contribution is -0.140. The zero-order chi connectivity index (χ0) is 13.2. The Hall–Kier alpha value is -1.65. The van der Waals surface area contributed by atoms with Crippen molar-refractivity contribution in [3.63, 3.8) is 0 Å². The molecule has 1 rings (SSSR count). The maximum atomic E-state index is 11.6. The molecule has 0 bridgehead atoms. The van der Waals surface area contributed by atoms with Gasteiger partial charge in [-0.2, -0.15) is 0 Å². The molecule has 5 nitrogen and oxygen atoms in total. The van der Waals surface area contributed by atoms with Crippen LogP contribution in [0.4, 0.5) is 0 Å². The maximum absolute atomic E-state index is 11.6. The molecular formula is C13H20N2O3. The number of nitrogens with zero attached hydrogens (tertiary/aromatic N) is 2. The Labute approximate surface area is 107 Å². The van der Waals surface area contributed by atoms with Gasteiger partial charge in [-0.1, -0.05) is 19.3 Å². The highest BCUT2D eigenvalue weighted by Crippen LogP contribution is 2.08. The summed E-state index contributed by atoms with van der Waals surface area (Å²) in [7, 11) is 1.41. The number of aromatic nitrogens is 2. The van der Waals surface area contributed by atoms with Crippen molar-refractivity contribution >= 4 is 11.9 Å². The quantitative estimate of drug-likeness (QED) is 0.526. The third-order valence-corrected chi connectivity index (χ3v) is 2.79. The number of imidazole rings is 1. The number of carbonyl (C=O) groups is 2. The smallest absolute Gasteiger partial charge is 0.305 e. The molecule has 0 N–H and O–H groups in total. The summed E-state index contributed by atoms with van der Waals surface area (Å²) >= 11 is 0. The van der Waals surface area contributed by atoms with E-state index in [2.05, 4.69) is 9.72 Å². The molecule has 0 aliphatic rings. The van der Waals surface area contributed by atoms with Crippen molar-refractivity contribution in [2.75, 3.05) is 7.11 Å². The SMILES string of the molecule is COC(=O)CCCCCCCC(=O)n1ccnc1. The number of methoxy groups -OCH3 is 1. The second-order valence-electron chi connectivity index (χ2n) is 4.21. The summed E-state index contributed by atoms with van der Waals surface area (Å²) in [5.41, 5.74) is 0. The van der Waals surface area contributed by atoms with Crippen LogP contribution in [0.1, 0.15) is 49.7 Å². The molecule has 0 unspecified atom stereocenters. The van der Waals surface area contributed by atoms with Crippen molar-refractivity contribution < 1.29 is 14.3 Å². The highest BCUT2D eigenvalue weighted by Gasteiger charge is 2.03. The lowest BCUT2D eigenvalue weighted by Crippen LogP contribution is -2.07. The van der Waals surface area contributed by atoms with Crippen molar-refractivity contribution in [3.05, 3.63) is 18.7 Å². The van der Waals surface area contributed by atoms with Gasteiger partial charge in [-0.3, -0.25) is 14.2 Å². The number of ether oxygens (including phenoxy) is 1. The van der Waals surface area contributed by atoms with Crippen LogP contribution >= 0.6 is 0 Å². The molecule has 0 aliphatic carbocycles. The van der Waals surface area contributed by atoms with Crippen LogP contribution in [0, 0.1) is 0 Å².